The van der Waals surface area contributed by atoms with Crippen LogP contribution in [0.3, 0.4) is 0 Å². The number of hydrogen-bond acceptors (Lipinski definition) is 4. The molecule has 0 saturated carbocycles. The summed E-state index contributed by atoms with van der Waals surface area (Å²) in [6.45, 7) is 2.62. The van der Waals surface area contributed by atoms with Crippen molar-refractivity contribution in [1.29, 1.82) is 0 Å². The molecular weight excluding hydrogens is 394 g/mol. The van der Waals surface area contributed by atoms with Gasteiger partial charge in [0, 0.05) is 35.1 Å². The molecule has 2 aromatic heterocycles. The van der Waals surface area contributed by atoms with Gasteiger partial charge in [0.05, 0.1) is 31.3 Å². The van der Waals surface area contributed by atoms with Gasteiger partial charge in [0.25, 0.3) is 5.91 Å². The Hall–Kier alpha value is -2.84. The number of anilines is 1. The molecule has 8 nitrogen and oxygen atoms in total. The first-order valence-corrected chi connectivity index (χ1v) is 9.98. The molecule has 0 radical (unpaired) electrons. The van der Waals surface area contributed by atoms with Crippen LogP contribution in [-0.4, -0.2) is 51.2 Å². The SMILES string of the molecule is O=C(Nc1cc2n(n1)CCN(C(=O)c1cc3c(Cl)cccc3[nH]1)C2)C1CCOC1. The second kappa shape index (κ2) is 7.20. The van der Waals surface area contributed by atoms with E-state index in [4.69, 9.17) is 16.3 Å². The van der Waals surface area contributed by atoms with Gasteiger partial charge < -0.3 is 19.9 Å². The molecule has 1 unspecified atom stereocenters. The quantitative estimate of drug-likeness (QED) is 0.690. The van der Waals surface area contributed by atoms with Crippen LogP contribution < -0.4 is 5.32 Å². The van der Waals surface area contributed by atoms with E-state index in [1.807, 2.05) is 22.9 Å². The van der Waals surface area contributed by atoms with E-state index in [9.17, 15) is 9.59 Å². The standard InChI is InChI=1S/C20H20ClN5O3/c21-15-2-1-3-16-14(15)9-17(22-16)20(28)25-5-6-26-13(10-25)8-18(24-26)23-19(27)12-4-7-29-11-12/h1-3,8-9,12,22H,4-7,10-11H2,(H,23,24,27). The molecule has 2 aliphatic rings. The average Bonchev–Trinajstić information content (AvgIpc) is 3.45. The highest BCUT2D eigenvalue weighted by atomic mass is 35.5. The van der Waals surface area contributed by atoms with Crippen molar-refractivity contribution >= 4 is 40.1 Å². The van der Waals surface area contributed by atoms with Crippen LogP contribution in [0.25, 0.3) is 10.9 Å². The Balaban J connectivity index is 1.31. The Morgan fingerprint density at radius 2 is 2.17 bits per heavy atom. The second-order valence-electron chi connectivity index (χ2n) is 7.40. The van der Waals surface area contributed by atoms with Gasteiger partial charge in [-0.1, -0.05) is 17.7 Å². The largest absolute Gasteiger partial charge is 0.381 e. The summed E-state index contributed by atoms with van der Waals surface area (Å²) < 4.78 is 7.11. The molecule has 0 spiro atoms. The molecule has 4 heterocycles. The number of H-pyrrole nitrogens is 1. The fourth-order valence-electron chi connectivity index (χ4n) is 3.87. The molecule has 2 amide bonds. The van der Waals surface area contributed by atoms with Gasteiger partial charge >= 0.3 is 0 Å². The Labute approximate surface area is 171 Å². The van der Waals surface area contributed by atoms with Crippen molar-refractivity contribution in [1.82, 2.24) is 19.7 Å². The Morgan fingerprint density at radius 3 is 2.97 bits per heavy atom. The lowest BCUT2D eigenvalue weighted by Crippen LogP contribution is -2.38. The molecule has 29 heavy (non-hydrogen) atoms. The maximum atomic E-state index is 13.0. The van der Waals surface area contributed by atoms with E-state index in [0.717, 1.165) is 23.0 Å². The smallest absolute Gasteiger partial charge is 0.270 e. The third kappa shape index (κ3) is 3.38. The van der Waals surface area contributed by atoms with E-state index in [1.54, 1.807) is 17.0 Å². The summed E-state index contributed by atoms with van der Waals surface area (Å²) in [6.07, 6.45) is 0.732. The van der Waals surface area contributed by atoms with Crippen molar-refractivity contribution in [3.63, 3.8) is 0 Å². The van der Waals surface area contributed by atoms with Crippen LogP contribution in [0.15, 0.2) is 30.3 Å². The maximum Gasteiger partial charge on any atom is 0.270 e. The van der Waals surface area contributed by atoms with Gasteiger partial charge in [0.1, 0.15) is 5.69 Å². The highest BCUT2D eigenvalue weighted by Crippen LogP contribution is 2.26. The van der Waals surface area contributed by atoms with E-state index in [0.29, 0.717) is 49.4 Å². The van der Waals surface area contributed by atoms with E-state index < -0.39 is 0 Å². The number of halogens is 1. The predicted molar refractivity (Wildman–Crippen MR) is 108 cm³/mol. The molecule has 2 N–H and O–H groups in total. The predicted octanol–water partition coefficient (Wildman–Crippen LogP) is 2.65. The molecule has 2 aliphatic heterocycles. The lowest BCUT2D eigenvalue weighted by molar-refractivity contribution is -0.119. The number of rotatable bonds is 3. The van der Waals surface area contributed by atoms with Crippen molar-refractivity contribution in [2.75, 3.05) is 25.1 Å². The summed E-state index contributed by atoms with van der Waals surface area (Å²) in [5.41, 5.74) is 2.23. The number of aromatic nitrogens is 3. The first-order chi connectivity index (χ1) is 14.1. The first kappa shape index (κ1) is 18.2. The van der Waals surface area contributed by atoms with Crippen molar-refractivity contribution in [2.24, 2.45) is 5.92 Å². The fraction of sp³-hybridized carbons (Fsp3) is 0.350. The third-order valence-electron chi connectivity index (χ3n) is 5.48. The van der Waals surface area contributed by atoms with Crippen molar-refractivity contribution in [3.8, 4) is 0 Å². The molecule has 1 aromatic carbocycles. The van der Waals surface area contributed by atoms with Gasteiger partial charge in [-0.15, -0.1) is 0 Å². The topological polar surface area (TPSA) is 92.3 Å². The number of amides is 2. The average molecular weight is 414 g/mol. The number of hydrogen-bond donors (Lipinski definition) is 2. The monoisotopic (exact) mass is 413 g/mol. The molecule has 1 atom stereocenters. The van der Waals surface area contributed by atoms with Crippen LogP contribution in [0.1, 0.15) is 22.6 Å². The molecule has 0 aliphatic carbocycles. The number of aromatic amines is 1. The number of benzene rings is 1. The normalized spacial score (nSPS) is 18.8. The van der Waals surface area contributed by atoms with Gasteiger partial charge in [-0.3, -0.25) is 14.3 Å². The van der Waals surface area contributed by atoms with Gasteiger partial charge in [-0.25, -0.2) is 0 Å². The van der Waals surface area contributed by atoms with Crippen molar-refractivity contribution < 1.29 is 14.3 Å². The Bertz CT molecular complexity index is 1100. The van der Waals surface area contributed by atoms with Crippen LogP contribution in [-0.2, 0) is 22.6 Å². The van der Waals surface area contributed by atoms with Crippen LogP contribution in [0.2, 0.25) is 5.02 Å². The molecule has 9 heteroatoms. The molecule has 1 fully saturated rings. The van der Waals surface area contributed by atoms with Gasteiger partial charge in [-0.2, -0.15) is 5.10 Å². The van der Waals surface area contributed by atoms with Crippen LogP contribution in [0.4, 0.5) is 5.82 Å². The van der Waals surface area contributed by atoms with E-state index in [1.165, 1.54) is 0 Å². The number of ether oxygens (including phenoxy) is 1. The number of carbonyl (C=O) groups is 2. The van der Waals surface area contributed by atoms with Crippen molar-refractivity contribution in [2.45, 2.75) is 19.5 Å². The lowest BCUT2D eigenvalue weighted by atomic mass is 10.1. The first-order valence-electron chi connectivity index (χ1n) is 9.60. The number of nitrogens with one attached hydrogen (secondary N) is 2. The highest BCUT2D eigenvalue weighted by molar-refractivity contribution is 6.35. The summed E-state index contributed by atoms with van der Waals surface area (Å²) in [5.74, 6) is 0.239. The summed E-state index contributed by atoms with van der Waals surface area (Å²) in [4.78, 5) is 30.2. The Kier molecular flexibility index (Phi) is 4.52. The number of carbonyl (C=O) groups excluding carboxylic acids is 2. The molecular formula is C20H20ClN5O3. The molecule has 3 aromatic rings. The minimum Gasteiger partial charge on any atom is -0.381 e. The summed E-state index contributed by atoms with van der Waals surface area (Å²) >= 11 is 6.22. The second-order valence-corrected chi connectivity index (χ2v) is 7.81. The van der Waals surface area contributed by atoms with Crippen LogP contribution in [0.5, 0.6) is 0 Å². The molecule has 0 bridgehead atoms. The zero-order chi connectivity index (χ0) is 20.0. The number of nitrogens with zero attached hydrogens (tertiary/aromatic N) is 3. The minimum atomic E-state index is -0.124. The molecule has 5 rings (SSSR count). The summed E-state index contributed by atoms with van der Waals surface area (Å²) in [5, 5.41) is 8.77. The highest BCUT2D eigenvalue weighted by Gasteiger charge is 2.27. The Morgan fingerprint density at radius 1 is 1.28 bits per heavy atom. The van der Waals surface area contributed by atoms with Gasteiger partial charge in [0.2, 0.25) is 5.91 Å². The number of fused-ring (bicyclic) bond motifs is 2. The van der Waals surface area contributed by atoms with E-state index >= 15 is 0 Å². The fourth-order valence-corrected chi connectivity index (χ4v) is 4.10. The third-order valence-corrected chi connectivity index (χ3v) is 5.81. The summed E-state index contributed by atoms with van der Waals surface area (Å²) in [6, 6.07) is 9.17. The van der Waals surface area contributed by atoms with Crippen LogP contribution >= 0.6 is 11.6 Å². The minimum absolute atomic E-state index is 0.0687. The van der Waals surface area contributed by atoms with Crippen LogP contribution in [0, 0.1) is 5.92 Å². The molecule has 1 saturated heterocycles. The van der Waals surface area contributed by atoms with E-state index in [2.05, 4.69) is 15.4 Å². The van der Waals surface area contributed by atoms with E-state index in [-0.39, 0.29) is 17.7 Å². The summed E-state index contributed by atoms with van der Waals surface area (Å²) in [7, 11) is 0. The zero-order valence-corrected chi connectivity index (χ0v) is 16.4. The lowest BCUT2D eigenvalue weighted by Gasteiger charge is -2.27. The van der Waals surface area contributed by atoms with Gasteiger partial charge in [0.15, 0.2) is 5.82 Å². The zero-order valence-electron chi connectivity index (χ0n) is 15.7. The molecule has 150 valence electrons. The van der Waals surface area contributed by atoms with Gasteiger partial charge in [-0.05, 0) is 24.6 Å². The maximum absolute atomic E-state index is 13.0. The van der Waals surface area contributed by atoms with Crippen molar-refractivity contribution in [3.05, 3.63) is 46.7 Å².